The topological polar surface area (TPSA) is 78.6 Å². The number of halogens is 3. The lowest BCUT2D eigenvalue weighted by Crippen LogP contribution is -2.32. The molecule has 0 saturated carbocycles. The first kappa shape index (κ1) is 19.4. The maximum atomic E-state index is 12.6. The lowest BCUT2D eigenvalue weighted by atomic mass is 10.1. The number of amides is 1. The van der Waals surface area contributed by atoms with Gasteiger partial charge in [-0.1, -0.05) is 12.1 Å². The predicted octanol–water partition coefficient (Wildman–Crippen LogP) is 1.90. The van der Waals surface area contributed by atoms with E-state index < -0.39 is 24.5 Å². The Kier molecular flexibility index (Phi) is 5.52. The van der Waals surface area contributed by atoms with Gasteiger partial charge in [-0.2, -0.15) is 18.3 Å². The van der Waals surface area contributed by atoms with Gasteiger partial charge in [0, 0.05) is 13.1 Å². The molecule has 1 aromatic carbocycles. The third kappa shape index (κ3) is 4.48. The van der Waals surface area contributed by atoms with Crippen LogP contribution in [0.1, 0.15) is 35.0 Å². The number of hydrogen-bond donors (Lipinski definition) is 2. The first-order chi connectivity index (χ1) is 12.8. The van der Waals surface area contributed by atoms with E-state index in [0.717, 1.165) is 17.8 Å². The zero-order valence-electron chi connectivity index (χ0n) is 14.5. The minimum Gasteiger partial charge on any atom is -0.393 e. The van der Waals surface area contributed by atoms with Crippen molar-refractivity contribution in [3.05, 3.63) is 52.8 Å². The molecule has 6 nitrogen and oxygen atoms in total. The Balaban J connectivity index is 1.69. The molecule has 0 fully saturated rings. The molecule has 0 bridgehead atoms. The van der Waals surface area contributed by atoms with E-state index in [0.29, 0.717) is 37.3 Å². The van der Waals surface area contributed by atoms with Gasteiger partial charge in [-0.05, 0) is 30.2 Å². The van der Waals surface area contributed by atoms with Crippen molar-refractivity contribution in [2.24, 2.45) is 0 Å². The Labute approximate surface area is 153 Å². The molecular weight excluding hydrogens is 363 g/mol. The fourth-order valence-corrected chi connectivity index (χ4v) is 3.05. The van der Waals surface area contributed by atoms with Gasteiger partial charge >= 0.3 is 6.18 Å². The highest BCUT2D eigenvalue weighted by Crippen LogP contribution is 2.29. The zero-order chi connectivity index (χ0) is 19.6. The van der Waals surface area contributed by atoms with Crippen LogP contribution in [0.2, 0.25) is 0 Å². The van der Waals surface area contributed by atoms with Crippen molar-refractivity contribution < 1.29 is 28.2 Å². The van der Waals surface area contributed by atoms with E-state index >= 15 is 0 Å². The molecule has 0 spiro atoms. The molecule has 1 aromatic heterocycles. The Hall–Kier alpha value is -2.39. The summed E-state index contributed by atoms with van der Waals surface area (Å²) in [4.78, 5) is 14.2. The van der Waals surface area contributed by atoms with Crippen molar-refractivity contribution in [1.29, 1.82) is 0 Å². The van der Waals surface area contributed by atoms with Gasteiger partial charge in [-0.15, -0.1) is 0 Å². The van der Waals surface area contributed by atoms with Crippen molar-refractivity contribution in [2.75, 3.05) is 13.2 Å². The second-order valence-electron chi connectivity index (χ2n) is 6.52. The summed E-state index contributed by atoms with van der Waals surface area (Å²) in [7, 11) is 0. The Morgan fingerprint density at radius 1 is 1.22 bits per heavy atom. The summed E-state index contributed by atoms with van der Waals surface area (Å²) in [5, 5.41) is 23.0. The van der Waals surface area contributed by atoms with Crippen LogP contribution in [0.5, 0.6) is 0 Å². The third-order valence-electron chi connectivity index (χ3n) is 4.54. The van der Waals surface area contributed by atoms with Crippen molar-refractivity contribution in [1.82, 2.24) is 14.7 Å². The van der Waals surface area contributed by atoms with Crippen LogP contribution in [-0.4, -0.2) is 44.0 Å². The molecule has 27 heavy (non-hydrogen) atoms. The summed E-state index contributed by atoms with van der Waals surface area (Å²) in [6, 6.07) is 6.24. The molecule has 1 aliphatic heterocycles. The molecule has 1 atom stereocenters. The molecular formula is C18H20F3N3O3. The standard InChI is InChI=1S/C18H20F3N3O3/c19-18(20,21)13-4-2-12(3-5-13)8-17(27)23-6-1-7-24-14(10-23)9-15(22-24)16(26)11-25/h2-5,9,16,25-26H,1,6-8,10-11H2/t16-/m1/s1. The summed E-state index contributed by atoms with van der Waals surface area (Å²) in [6.07, 6.45) is -4.79. The number of aliphatic hydroxyl groups excluding tert-OH is 2. The van der Waals surface area contributed by atoms with Gasteiger partial charge in [0.2, 0.25) is 5.91 Å². The Morgan fingerprint density at radius 2 is 1.93 bits per heavy atom. The highest BCUT2D eigenvalue weighted by molar-refractivity contribution is 5.78. The van der Waals surface area contributed by atoms with Gasteiger partial charge in [-0.3, -0.25) is 9.48 Å². The summed E-state index contributed by atoms with van der Waals surface area (Å²) in [5.74, 6) is -0.186. The molecule has 0 aliphatic carbocycles. The molecule has 146 valence electrons. The number of benzene rings is 1. The average Bonchev–Trinajstić information content (AvgIpc) is 2.92. The number of rotatable bonds is 4. The number of aromatic nitrogens is 2. The van der Waals surface area contributed by atoms with E-state index in [4.69, 9.17) is 5.11 Å². The van der Waals surface area contributed by atoms with Crippen LogP contribution in [0.4, 0.5) is 13.2 Å². The van der Waals surface area contributed by atoms with Gasteiger partial charge < -0.3 is 15.1 Å². The van der Waals surface area contributed by atoms with Crippen molar-refractivity contribution in [3.63, 3.8) is 0 Å². The number of aliphatic hydroxyl groups is 2. The molecule has 0 saturated heterocycles. The van der Waals surface area contributed by atoms with Crippen molar-refractivity contribution in [3.8, 4) is 0 Å². The van der Waals surface area contributed by atoms with Crippen LogP contribution in [0.15, 0.2) is 30.3 Å². The average molecular weight is 383 g/mol. The number of aryl methyl sites for hydroxylation is 1. The quantitative estimate of drug-likeness (QED) is 0.845. The van der Waals surface area contributed by atoms with Gasteiger partial charge in [0.1, 0.15) is 6.10 Å². The summed E-state index contributed by atoms with van der Waals surface area (Å²) < 4.78 is 39.6. The molecule has 3 rings (SSSR count). The number of fused-ring (bicyclic) bond motifs is 1. The molecule has 9 heteroatoms. The summed E-state index contributed by atoms with van der Waals surface area (Å²) in [5.41, 5.74) is 0.870. The first-order valence-corrected chi connectivity index (χ1v) is 8.57. The lowest BCUT2D eigenvalue weighted by molar-refractivity contribution is -0.137. The monoisotopic (exact) mass is 383 g/mol. The molecule has 1 aliphatic rings. The fourth-order valence-electron chi connectivity index (χ4n) is 3.05. The molecule has 2 aromatic rings. The van der Waals surface area contributed by atoms with E-state index in [1.165, 1.54) is 12.1 Å². The van der Waals surface area contributed by atoms with Crippen LogP contribution in [-0.2, 0) is 30.5 Å². The van der Waals surface area contributed by atoms with E-state index in [9.17, 15) is 23.1 Å². The minimum atomic E-state index is -4.40. The maximum absolute atomic E-state index is 12.6. The molecule has 2 N–H and O–H groups in total. The van der Waals surface area contributed by atoms with Crippen LogP contribution >= 0.6 is 0 Å². The number of hydrogen-bond acceptors (Lipinski definition) is 4. The number of alkyl halides is 3. The predicted molar refractivity (Wildman–Crippen MR) is 89.5 cm³/mol. The number of carbonyl (C=O) groups is 1. The number of carbonyl (C=O) groups excluding carboxylic acids is 1. The highest BCUT2D eigenvalue weighted by atomic mass is 19.4. The fraction of sp³-hybridized carbons (Fsp3) is 0.444. The van der Waals surface area contributed by atoms with E-state index in [-0.39, 0.29) is 12.3 Å². The van der Waals surface area contributed by atoms with Crippen molar-refractivity contribution >= 4 is 5.91 Å². The van der Waals surface area contributed by atoms with Crippen LogP contribution < -0.4 is 0 Å². The summed E-state index contributed by atoms with van der Waals surface area (Å²) in [6.45, 7) is 0.954. The molecule has 2 heterocycles. The SMILES string of the molecule is O=C(Cc1ccc(C(F)(F)F)cc1)N1CCCn2nc([C@H](O)CO)cc2C1. The van der Waals surface area contributed by atoms with Gasteiger partial charge in [0.05, 0.1) is 36.5 Å². The van der Waals surface area contributed by atoms with Crippen LogP contribution in [0.3, 0.4) is 0 Å². The first-order valence-electron chi connectivity index (χ1n) is 8.57. The van der Waals surface area contributed by atoms with E-state index in [1.807, 2.05) is 0 Å². The van der Waals surface area contributed by atoms with Crippen molar-refractivity contribution in [2.45, 2.75) is 38.2 Å². The normalized spacial score (nSPS) is 16.0. The van der Waals surface area contributed by atoms with Crippen LogP contribution in [0.25, 0.3) is 0 Å². The lowest BCUT2D eigenvalue weighted by Gasteiger charge is -2.20. The van der Waals surface area contributed by atoms with E-state index in [1.54, 1.807) is 15.6 Å². The van der Waals surface area contributed by atoms with Crippen LogP contribution in [0, 0.1) is 0 Å². The maximum Gasteiger partial charge on any atom is 0.416 e. The molecule has 0 unspecified atom stereocenters. The largest absolute Gasteiger partial charge is 0.416 e. The minimum absolute atomic E-state index is 0.0123. The highest BCUT2D eigenvalue weighted by Gasteiger charge is 2.30. The van der Waals surface area contributed by atoms with Gasteiger partial charge in [-0.25, -0.2) is 0 Å². The number of nitrogens with zero attached hydrogens (tertiary/aromatic N) is 3. The molecule has 1 amide bonds. The summed E-state index contributed by atoms with van der Waals surface area (Å²) >= 11 is 0. The second-order valence-corrected chi connectivity index (χ2v) is 6.52. The van der Waals surface area contributed by atoms with Gasteiger partial charge in [0.25, 0.3) is 0 Å². The third-order valence-corrected chi connectivity index (χ3v) is 4.54. The zero-order valence-corrected chi connectivity index (χ0v) is 14.5. The second kappa shape index (κ2) is 7.69. The molecule has 0 radical (unpaired) electrons. The smallest absolute Gasteiger partial charge is 0.393 e. The van der Waals surface area contributed by atoms with Gasteiger partial charge in [0.15, 0.2) is 0 Å². The Morgan fingerprint density at radius 3 is 2.56 bits per heavy atom. The van der Waals surface area contributed by atoms with E-state index in [2.05, 4.69) is 5.10 Å². The Bertz CT molecular complexity index is 802.